The van der Waals surface area contributed by atoms with Crippen LogP contribution >= 0.6 is 0 Å². The van der Waals surface area contributed by atoms with E-state index in [2.05, 4.69) is 0 Å². The fourth-order valence-corrected chi connectivity index (χ4v) is 1.80. The van der Waals surface area contributed by atoms with Crippen molar-refractivity contribution in [1.82, 2.24) is 0 Å². The molecule has 0 amide bonds. The molecule has 1 N–H and O–H groups in total. The van der Waals surface area contributed by atoms with E-state index >= 15 is 0 Å². The second-order valence-electron chi connectivity index (χ2n) is 4.60. The zero-order chi connectivity index (χ0) is 15.2. The molecule has 2 rings (SSSR count). The van der Waals surface area contributed by atoms with Gasteiger partial charge in [0.25, 0.3) is 0 Å². The molecule has 0 saturated carbocycles. The van der Waals surface area contributed by atoms with Gasteiger partial charge in [0.15, 0.2) is 0 Å². The zero-order valence-electron chi connectivity index (χ0n) is 11.5. The molecule has 0 aliphatic heterocycles. The SMILES string of the molecule is Cc1ccc(F)cc1COc1ccc(/C=C/C(=O)O)cc1. The molecule has 2 aromatic rings. The number of rotatable bonds is 5. The van der Waals surface area contributed by atoms with Gasteiger partial charge in [0.05, 0.1) is 0 Å². The first-order valence-electron chi connectivity index (χ1n) is 6.43. The highest BCUT2D eigenvalue weighted by Gasteiger charge is 2.02. The smallest absolute Gasteiger partial charge is 0.328 e. The van der Waals surface area contributed by atoms with E-state index in [0.29, 0.717) is 5.75 Å². The lowest BCUT2D eigenvalue weighted by molar-refractivity contribution is -0.131. The Morgan fingerprint density at radius 3 is 2.62 bits per heavy atom. The van der Waals surface area contributed by atoms with E-state index in [-0.39, 0.29) is 12.4 Å². The van der Waals surface area contributed by atoms with E-state index in [1.54, 1.807) is 30.3 Å². The first-order valence-corrected chi connectivity index (χ1v) is 6.43. The van der Waals surface area contributed by atoms with Crippen LogP contribution in [0.3, 0.4) is 0 Å². The van der Waals surface area contributed by atoms with Crippen LogP contribution in [0.15, 0.2) is 48.5 Å². The highest BCUT2D eigenvalue weighted by molar-refractivity contribution is 5.85. The molecule has 0 unspecified atom stereocenters. The number of aryl methyl sites for hydroxylation is 1. The fraction of sp³-hybridized carbons (Fsp3) is 0.118. The number of carbonyl (C=O) groups is 1. The van der Waals surface area contributed by atoms with Gasteiger partial charge in [-0.15, -0.1) is 0 Å². The van der Waals surface area contributed by atoms with Crippen LogP contribution in [0.25, 0.3) is 6.08 Å². The maximum Gasteiger partial charge on any atom is 0.328 e. The summed E-state index contributed by atoms with van der Waals surface area (Å²) in [6, 6.07) is 11.6. The van der Waals surface area contributed by atoms with Gasteiger partial charge in [-0.25, -0.2) is 9.18 Å². The molecule has 0 aromatic heterocycles. The highest BCUT2D eigenvalue weighted by atomic mass is 19.1. The first kappa shape index (κ1) is 14.8. The van der Waals surface area contributed by atoms with Crippen LogP contribution < -0.4 is 4.74 Å². The molecular weight excluding hydrogens is 271 g/mol. The summed E-state index contributed by atoms with van der Waals surface area (Å²) in [6.45, 7) is 2.19. The summed E-state index contributed by atoms with van der Waals surface area (Å²) >= 11 is 0. The molecule has 0 heterocycles. The number of ether oxygens (including phenoxy) is 1. The predicted molar refractivity (Wildman–Crippen MR) is 78.6 cm³/mol. The van der Waals surface area contributed by atoms with Crippen LogP contribution in [-0.2, 0) is 11.4 Å². The quantitative estimate of drug-likeness (QED) is 0.850. The van der Waals surface area contributed by atoms with Gasteiger partial charge in [0.1, 0.15) is 18.2 Å². The summed E-state index contributed by atoms with van der Waals surface area (Å²) in [5.41, 5.74) is 2.54. The molecule has 4 heteroatoms. The van der Waals surface area contributed by atoms with E-state index in [4.69, 9.17) is 9.84 Å². The molecule has 0 saturated heterocycles. The van der Waals surface area contributed by atoms with E-state index in [1.807, 2.05) is 6.92 Å². The number of hydrogen-bond donors (Lipinski definition) is 1. The number of halogens is 1. The van der Waals surface area contributed by atoms with Crippen LogP contribution in [0.5, 0.6) is 5.75 Å². The molecule has 2 aromatic carbocycles. The Hall–Kier alpha value is -2.62. The van der Waals surface area contributed by atoms with Crippen molar-refractivity contribution in [3.8, 4) is 5.75 Å². The molecule has 108 valence electrons. The van der Waals surface area contributed by atoms with Gasteiger partial charge in [0.2, 0.25) is 0 Å². The standard InChI is InChI=1S/C17H15FO3/c1-12-2-6-15(18)10-14(12)11-21-16-7-3-13(4-8-16)5-9-17(19)20/h2-10H,11H2,1H3,(H,19,20)/b9-5+. The van der Waals surface area contributed by atoms with Crippen molar-refractivity contribution in [1.29, 1.82) is 0 Å². The zero-order valence-corrected chi connectivity index (χ0v) is 11.5. The van der Waals surface area contributed by atoms with E-state index < -0.39 is 5.97 Å². The van der Waals surface area contributed by atoms with Crippen LogP contribution in [0.4, 0.5) is 4.39 Å². The topological polar surface area (TPSA) is 46.5 Å². The van der Waals surface area contributed by atoms with Gasteiger partial charge >= 0.3 is 5.97 Å². The lowest BCUT2D eigenvalue weighted by Gasteiger charge is -2.09. The normalized spacial score (nSPS) is 10.8. The van der Waals surface area contributed by atoms with E-state index in [9.17, 15) is 9.18 Å². The lowest BCUT2D eigenvalue weighted by Crippen LogP contribution is -1.98. The Morgan fingerprint density at radius 1 is 1.24 bits per heavy atom. The van der Waals surface area contributed by atoms with Crippen molar-refractivity contribution in [2.24, 2.45) is 0 Å². The molecule has 0 aliphatic rings. The van der Waals surface area contributed by atoms with Crippen LogP contribution in [0, 0.1) is 12.7 Å². The minimum absolute atomic E-state index is 0.284. The first-order chi connectivity index (χ1) is 10.0. The van der Waals surface area contributed by atoms with Gasteiger partial charge in [-0.1, -0.05) is 18.2 Å². The Labute approximate surface area is 122 Å². The number of benzene rings is 2. The summed E-state index contributed by atoms with van der Waals surface area (Å²) in [5, 5.41) is 8.55. The van der Waals surface area contributed by atoms with Crippen molar-refractivity contribution >= 4 is 12.0 Å². The molecule has 0 radical (unpaired) electrons. The van der Waals surface area contributed by atoms with E-state index in [0.717, 1.165) is 22.8 Å². The molecule has 0 fully saturated rings. The summed E-state index contributed by atoms with van der Waals surface area (Å²) in [4.78, 5) is 10.4. The second kappa shape index (κ2) is 6.70. The third-order valence-electron chi connectivity index (χ3n) is 3.00. The minimum atomic E-state index is -0.989. The average molecular weight is 286 g/mol. The fourth-order valence-electron chi connectivity index (χ4n) is 1.80. The molecule has 3 nitrogen and oxygen atoms in total. The summed E-state index contributed by atoms with van der Waals surface area (Å²) < 4.78 is 18.8. The second-order valence-corrected chi connectivity index (χ2v) is 4.60. The van der Waals surface area contributed by atoms with Crippen LogP contribution in [0.1, 0.15) is 16.7 Å². The Kier molecular flexibility index (Phi) is 4.72. The van der Waals surface area contributed by atoms with Crippen molar-refractivity contribution in [3.05, 3.63) is 71.0 Å². The number of carboxylic acids is 1. The third kappa shape index (κ3) is 4.45. The van der Waals surface area contributed by atoms with Crippen molar-refractivity contribution in [2.45, 2.75) is 13.5 Å². The van der Waals surface area contributed by atoms with Gasteiger partial charge < -0.3 is 9.84 Å². The minimum Gasteiger partial charge on any atom is -0.489 e. The average Bonchev–Trinajstić information content (AvgIpc) is 2.47. The predicted octanol–water partition coefficient (Wildman–Crippen LogP) is 3.81. The maximum absolute atomic E-state index is 13.2. The van der Waals surface area contributed by atoms with Crippen LogP contribution in [-0.4, -0.2) is 11.1 Å². The molecule has 0 spiro atoms. The molecule has 0 atom stereocenters. The summed E-state index contributed by atoms with van der Waals surface area (Å²) in [7, 11) is 0. The van der Waals surface area contributed by atoms with Crippen molar-refractivity contribution < 1.29 is 19.0 Å². The molecule has 0 bridgehead atoms. The molecular formula is C17H15FO3. The molecule has 0 aliphatic carbocycles. The molecule has 21 heavy (non-hydrogen) atoms. The van der Waals surface area contributed by atoms with Gasteiger partial charge in [-0.05, 0) is 54.0 Å². The van der Waals surface area contributed by atoms with Crippen molar-refractivity contribution in [2.75, 3.05) is 0 Å². The Morgan fingerprint density at radius 2 is 1.95 bits per heavy atom. The maximum atomic E-state index is 13.2. The Bertz CT molecular complexity index is 660. The highest BCUT2D eigenvalue weighted by Crippen LogP contribution is 2.17. The van der Waals surface area contributed by atoms with Crippen LogP contribution in [0.2, 0.25) is 0 Å². The van der Waals surface area contributed by atoms with Gasteiger partial charge in [-0.3, -0.25) is 0 Å². The number of carboxylic acid groups (broad SMARTS) is 1. The third-order valence-corrected chi connectivity index (χ3v) is 3.00. The van der Waals surface area contributed by atoms with Gasteiger partial charge in [-0.2, -0.15) is 0 Å². The number of hydrogen-bond acceptors (Lipinski definition) is 2. The van der Waals surface area contributed by atoms with E-state index in [1.165, 1.54) is 18.2 Å². The summed E-state index contributed by atoms with van der Waals surface area (Å²) in [6.07, 6.45) is 2.58. The monoisotopic (exact) mass is 286 g/mol. The Balaban J connectivity index is 2.00. The lowest BCUT2D eigenvalue weighted by atomic mass is 10.1. The number of aliphatic carboxylic acids is 1. The van der Waals surface area contributed by atoms with Crippen molar-refractivity contribution in [3.63, 3.8) is 0 Å². The van der Waals surface area contributed by atoms with Gasteiger partial charge in [0, 0.05) is 6.08 Å². The summed E-state index contributed by atoms with van der Waals surface area (Å²) in [5.74, 6) is -0.628. The largest absolute Gasteiger partial charge is 0.489 e.